The highest BCUT2D eigenvalue weighted by molar-refractivity contribution is 8.00. The standard InChI is InChI=1S/C13H16FN3O3S/c1-21-13(3-2-4-13)7-16-12(18)8-5-10(15)9(14)6-11(8)17(19)20/h5-6H,2-4,7,15H2,1H3,(H,16,18). The summed E-state index contributed by atoms with van der Waals surface area (Å²) in [6.45, 7) is 0.432. The minimum absolute atomic E-state index is 0.00994. The number of amides is 1. The van der Waals surface area contributed by atoms with Crippen LogP contribution in [0.4, 0.5) is 15.8 Å². The van der Waals surface area contributed by atoms with Gasteiger partial charge >= 0.3 is 0 Å². The first kappa shape index (κ1) is 15.6. The van der Waals surface area contributed by atoms with Crippen molar-refractivity contribution < 1.29 is 14.1 Å². The van der Waals surface area contributed by atoms with Gasteiger partial charge in [0.05, 0.1) is 16.7 Å². The smallest absolute Gasteiger partial charge is 0.285 e. The fraction of sp³-hybridized carbons (Fsp3) is 0.462. The van der Waals surface area contributed by atoms with E-state index < -0.39 is 22.3 Å². The second-order valence-corrected chi connectivity index (χ2v) is 6.35. The summed E-state index contributed by atoms with van der Waals surface area (Å²) in [5.74, 6) is -1.51. The number of nitrogens with two attached hydrogens (primary N) is 1. The molecule has 0 atom stereocenters. The lowest BCUT2D eigenvalue weighted by Crippen LogP contribution is -2.45. The van der Waals surface area contributed by atoms with Crippen molar-refractivity contribution in [2.24, 2.45) is 0 Å². The molecule has 0 spiro atoms. The molecule has 0 saturated heterocycles. The molecule has 1 saturated carbocycles. The van der Waals surface area contributed by atoms with E-state index in [-0.39, 0.29) is 16.0 Å². The van der Waals surface area contributed by atoms with Crippen LogP contribution in [-0.4, -0.2) is 28.4 Å². The Bertz CT molecular complexity index is 585. The molecule has 1 aliphatic rings. The number of carbonyl (C=O) groups is 1. The fourth-order valence-corrected chi connectivity index (χ4v) is 3.19. The van der Waals surface area contributed by atoms with E-state index >= 15 is 0 Å². The van der Waals surface area contributed by atoms with Gasteiger partial charge in [0.25, 0.3) is 11.6 Å². The van der Waals surface area contributed by atoms with Gasteiger partial charge in [-0.3, -0.25) is 14.9 Å². The molecule has 1 aromatic carbocycles. The maximum atomic E-state index is 13.3. The van der Waals surface area contributed by atoms with Crippen LogP contribution in [0.3, 0.4) is 0 Å². The largest absolute Gasteiger partial charge is 0.396 e. The molecule has 0 heterocycles. The molecule has 114 valence electrons. The molecule has 3 N–H and O–H groups in total. The van der Waals surface area contributed by atoms with E-state index in [1.54, 1.807) is 11.8 Å². The number of nitrogens with one attached hydrogen (secondary N) is 1. The lowest BCUT2D eigenvalue weighted by atomic mass is 9.84. The number of thioether (sulfide) groups is 1. The average Bonchev–Trinajstić information content (AvgIpc) is 2.40. The monoisotopic (exact) mass is 313 g/mol. The number of rotatable bonds is 5. The number of anilines is 1. The normalized spacial score (nSPS) is 16.1. The molecule has 0 radical (unpaired) electrons. The molecule has 8 heteroatoms. The van der Waals surface area contributed by atoms with Crippen LogP contribution in [0.5, 0.6) is 0 Å². The number of hydrogen-bond donors (Lipinski definition) is 2. The molecular weight excluding hydrogens is 297 g/mol. The molecule has 0 bridgehead atoms. The summed E-state index contributed by atoms with van der Waals surface area (Å²) in [6.07, 6.45) is 5.09. The fourth-order valence-electron chi connectivity index (χ4n) is 2.27. The quantitative estimate of drug-likeness (QED) is 0.494. The van der Waals surface area contributed by atoms with E-state index in [1.807, 2.05) is 6.26 Å². The van der Waals surface area contributed by atoms with Crippen LogP contribution in [0.2, 0.25) is 0 Å². The van der Waals surface area contributed by atoms with Crippen molar-refractivity contribution in [3.8, 4) is 0 Å². The third-order valence-corrected chi connectivity index (χ3v) is 5.24. The summed E-state index contributed by atoms with van der Waals surface area (Å²) < 4.78 is 13.3. The Hall–Kier alpha value is -1.83. The van der Waals surface area contributed by atoms with Crippen molar-refractivity contribution in [1.82, 2.24) is 5.32 Å². The predicted molar refractivity (Wildman–Crippen MR) is 79.9 cm³/mol. The Morgan fingerprint density at radius 1 is 1.57 bits per heavy atom. The lowest BCUT2D eigenvalue weighted by molar-refractivity contribution is -0.385. The number of halogens is 1. The van der Waals surface area contributed by atoms with Crippen molar-refractivity contribution in [3.63, 3.8) is 0 Å². The number of nitro benzene ring substituents is 1. The first-order valence-electron chi connectivity index (χ1n) is 6.45. The highest BCUT2D eigenvalue weighted by Gasteiger charge is 2.36. The zero-order valence-electron chi connectivity index (χ0n) is 11.5. The zero-order chi connectivity index (χ0) is 15.6. The molecule has 2 rings (SSSR count). The summed E-state index contributed by atoms with van der Waals surface area (Å²) in [5, 5.41) is 13.6. The highest BCUT2D eigenvalue weighted by Crippen LogP contribution is 2.42. The van der Waals surface area contributed by atoms with Crippen LogP contribution in [0.25, 0.3) is 0 Å². The van der Waals surface area contributed by atoms with Gasteiger partial charge in [0.15, 0.2) is 5.82 Å². The van der Waals surface area contributed by atoms with Crippen LogP contribution in [0.15, 0.2) is 12.1 Å². The third kappa shape index (κ3) is 3.10. The number of hydrogen-bond acceptors (Lipinski definition) is 5. The van der Waals surface area contributed by atoms with E-state index in [4.69, 9.17) is 5.73 Å². The summed E-state index contributed by atoms with van der Waals surface area (Å²) in [7, 11) is 0. The van der Waals surface area contributed by atoms with Crippen LogP contribution in [-0.2, 0) is 0 Å². The van der Waals surface area contributed by atoms with Gasteiger partial charge in [-0.05, 0) is 25.2 Å². The van der Waals surface area contributed by atoms with E-state index in [1.165, 1.54) is 0 Å². The summed E-state index contributed by atoms with van der Waals surface area (Å²) in [5.41, 5.74) is 4.32. The number of benzene rings is 1. The number of nitrogen functional groups attached to an aromatic ring is 1. The molecule has 0 aromatic heterocycles. The Morgan fingerprint density at radius 2 is 2.24 bits per heavy atom. The predicted octanol–water partition coefficient (Wildman–Crippen LogP) is 2.33. The molecule has 1 amide bonds. The van der Waals surface area contributed by atoms with Gasteiger partial charge in [-0.2, -0.15) is 11.8 Å². The molecule has 1 fully saturated rings. The van der Waals surface area contributed by atoms with Crippen LogP contribution >= 0.6 is 11.8 Å². The Labute approximate surface area is 125 Å². The molecule has 0 aliphatic heterocycles. The first-order chi connectivity index (χ1) is 9.88. The van der Waals surface area contributed by atoms with E-state index in [0.29, 0.717) is 12.6 Å². The third-order valence-electron chi connectivity index (χ3n) is 3.83. The minimum atomic E-state index is -0.905. The second kappa shape index (κ2) is 5.88. The Balaban J connectivity index is 2.18. The van der Waals surface area contributed by atoms with Gasteiger partial charge in [0.2, 0.25) is 0 Å². The molecular formula is C13H16FN3O3S. The molecule has 1 aliphatic carbocycles. The Kier molecular flexibility index (Phi) is 4.36. The summed E-state index contributed by atoms with van der Waals surface area (Å²) in [6, 6.07) is 1.69. The SMILES string of the molecule is CSC1(CNC(=O)c2cc(N)c(F)cc2[N+](=O)[O-])CCC1. The highest BCUT2D eigenvalue weighted by atomic mass is 32.2. The van der Waals surface area contributed by atoms with Crippen molar-refractivity contribution in [2.45, 2.75) is 24.0 Å². The zero-order valence-corrected chi connectivity index (χ0v) is 12.3. The lowest BCUT2D eigenvalue weighted by Gasteiger charge is -2.40. The minimum Gasteiger partial charge on any atom is -0.396 e. The van der Waals surface area contributed by atoms with E-state index in [2.05, 4.69) is 5.32 Å². The van der Waals surface area contributed by atoms with E-state index in [9.17, 15) is 19.3 Å². The van der Waals surface area contributed by atoms with Crippen LogP contribution < -0.4 is 11.1 Å². The van der Waals surface area contributed by atoms with Gasteiger partial charge in [-0.15, -0.1) is 0 Å². The summed E-state index contributed by atoms with van der Waals surface area (Å²) in [4.78, 5) is 22.3. The number of carbonyl (C=O) groups excluding carboxylic acids is 1. The number of nitro groups is 1. The van der Waals surface area contributed by atoms with Crippen molar-refractivity contribution in [3.05, 3.63) is 33.6 Å². The van der Waals surface area contributed by atoms with Crippen molar-refractivity contribution >= 4 is 29.0 Å². The van der Waals surface area contributed by atoms with Gasteiger partial charge in [0.1, 0.15) is 5.56 Å². The van der Waals surface area contributed by atoms with Crippen molar-refractivity contribution in [2.75, 3.05) is 18.5 Å². The topological polar surface area (TPSA) is 98.3 Å². The Morgan fingerprint density at radius 3 is 2.71 bits per heavy atom. The van der Waals surface area contributed by atoms with Gasteiger partial charge in [-0.25, -0.2) is 4.39 Å². The summed E-state index contributed by atoms with van der Waals surface area (Å²) >= 11 is 1.68. The molecule has 1 aromatic rings. The van der Waals surface area contributed by atoms with Crippen LogP contribution in [0.1, 0.15) is 29.6 Å². The molecule has 21 heavy (non-hydrogen) atoms. The van der Waals surface area contributed by atoms with Crippen LogP contribution in [0, 0.1) is 15.9 Å². The van der Waals surface area contributed by atoms with E-state index in [0.717, 1.165) is 25.3 Å². The maximum absolute atomic E-state index is 13.3. The van der Waals surface area contributed by atoms with Gasteiger partial charge in [-0.1, -0.05) is 6.42 Å². The van der Waals surface area contributed by atoms with Gasteiger partial charge < -0.3 is 11.1 Å². The molecule has 0 unspecified atom stereocenters. The maximum Gasteiger partial charge on any atom is 0.285 e. The number of nitrogens with zero attached hydrogens (tertiary/aromatic N) is 1. The average molecular weight is 313 g/mol. The van der Waals surface area contributed by atoms with Crippen molar-refractivity contribution in [1.29, 1.82) is 0 Å². The molecule has 6 nitrogen and oxygen atoms in total. The second-order valence-electron chi connectivity index (χ2n) is 5.07. The first-order valence-corrected chi connectivity index (χ1v) is 7.68. The van der Waals surface area contributed by atoms with Gasteiger partial charge in [0, 0.05) is 11.3 Å².